The molecule has 4 aromatic rings. The van der Waals surface area contributed by atoms with E-state index >= 15 is 0 Å². The van der Waals surface area contributed by atoms with E-state index in [-0.39, 0.29) is 6.61 Å². The maximum absolute atomic E-state index is 12.5. The lowest BCUT2D eigenvalue weighted by Crippen LogP contribution is -2.30. The Kier molecular flexibility index (Phi) is 6.16. The van der Waals surface area contributed by atoms with Crippen LogP contribution in [0.25, 0.3) is 21.6 Å². The molecule has 0 saturated carbocycles. The van der Waals surface area contributed by atoms with Gasteiger partial charge in [-0.1, -0.05) is 29.0 Å². The quantitative estimate of drug-likeness (QED) is 0.401. The molecule has 10 heteroatoms. The van der Waals surface area contributed by atoms with Gasteiger partial charge in [-0.05, 0) is 49.9 Å². The third-order valence-electron chi connectivity index (χ3n) is 5.78. The van der Waals surface area contributed by atoms with Gasteiger partial charge in [0.15, 0.2) is 0 Å². The van der Waals surface area contributed by atoms with Crippen molar-refractivity contribution < 1.29 is 14.3 Å². The van der Waals surface area contributed by atoms with Crippen molar-refractivity contribution in [1.82, 2.24) is 19.4 Å². The first-order valence-corrected chi connectivity index (χ1v) is 12.0. The summed E-state index contributed by atoms with van der Waals surface area (Å²) in [6, 6.07) is 11.4. The van der Waals surface area contributed by atoms with Crippen LogP contribution in [0.15, 0.2) is 36.4 Å². The van der Waals surface area contributed by atoms with Crippen LogP contribution in [0.3, 0.4) is 0 Å². The number of aryl methyl sites for hydroxylation is 1. The Balaban J connectivity index is 1.26. The number of rotatable bonds is 5. The first kappa shape index (κ1) is 22.6. The number of anilines is 1. The van der Waals surface area contributed by atoms with Crippen molar-refractivity contribution in [2.45, 2.75) is 26.6 Å². The van der Waals surface area contributed by atoms with Crippen molar-refractivity contribution in [3.05, 3.63) is 58.5 Å². The first-order chi connectivity index (χ1) is 16.4. The summed E-state index contributed by atoms with van der Waals surface area (Å²) < 4.78 is 13.2. The second kappa shape index (κ2) is 9.25. The van der Waals surface area contributed by atoms with Gasteiger partial charge in [0.2, 0.25) is 0 Å². The summed E-state index contributed by atoms with van der Waals surface area (Å²) in [5.74, 6) is 1.69. The smallest absolute Gasteiger partial charge is 0.412 e. The molecule has 0 radical (unpaired) electrons. The summed E-state index contributed by atoms with van der Waals surface area (Å²) in [6.07, 6.45) is -0.535. The van der Waals surface area contributed by atoms with Gasteiger partial charge in [-0.25, -0.2) is 14.8 Å². The molecule has 0 fully saturated rings. The van der Waals surface area contributed by atoms with Crippen LogP contribution in [0, 0.1) is 6.92 Å². The Morgan fingerprint density at radius 3 is 2.88 bits per heavy atom. The first-order valence-electron chi connectivity index (χ1n) is 10.8. The van der Waals surface area contributed by atoms with Crippen LogP contribution < -0.4 is 10.1 Å². The molecule has 2 aromatic heterocycles. The second-order valence-corrected chi connectivity index (χ2v) is 9.66. The number of fused-ring (bicyclic) bond motifs is 3. The molecule has 2 aromatic carbocycles. The number of hydrogen-bond acceptors (Lipinski definition) is 7. The third kappa shape index (κ3) is 4.46. The average molecular weight is 498 g/mol. The van der Waals surface area contributed by atoms with Crippen molar-refractivity contribution in [1.29, 1.82) is 0 Å². The average Bonchev–Trinajstić information content (AvgIpc) is 3.36. The van der Waals surface area contributed by atoms with Crippen LogP contribution in [0.2, 0.25) is 5.02 Å². The number of halogens is 1. The fourth-order valence-corrected chi connectivity index (χ4v) is 5.17. The molecule has 0 bridgehead atoms. The highest BCUT2D eigenvalue weighted by Gasteiger charge is 2.19. The highest BCUT2D eigenvalue weighted by atomic mass is 35.5. The number of aromatic nitrogens is 3. The normalized spacial score (nSPS) is 13.6. The van der Waals surface area contributed by atoms with Crippen LogP contribution in [0.1, 0.15) is 17.1 Å². The molecule has 0 aliphatic carbocycles. The van der Waals surface area contributed by atoms with E-state index in [0.29, 0.717) is 21.5 Å². The van der Waals surface area contributed by atoms with E-state index in [1.807, 2.05) is 31.2 Å². The molecule has 0 atom stereocenters. The molecule has 1 aliphatic heterocycles. The SMILES string of the molecule is COc1cc(Cl)ccc1-c1nc(C)c(NC(=O)OCc2ccc3c(c2)nc2n3CCN(C)C2)s1. The molecule has 34 heavy (non-hydrogen) atoms. The van der Waals surface area contributed by atoms with Gasteiger partial charge in [-0.3, -0.25) is 10.2 Å². The van der Waals surface area contributed by atoms with E-state index in [1.54, 1.807) is 19.2 Å². The minimum atomic E-state index is -0.535. The Bertz CT molecular complexity index is 1380. The molecule has 0 spiro atoms. The summed E-state index contributed by atoms with van der Waals surface area (Å²) in [7, 11) is 3.68. The molecule has 176 valence electrons. The minimum Gasteiger partial charge on any atom is -0.496 e. The van der Waals surface area contributed by atoms with Crippen molar-refractivity contribution in [3.8, 4) is 16.3 Å². The molecular weight excluding hydrogens is 474 g/mol. The lowest BCUT2D eigenvalue weighted by Gasteiger charge is -2.23. The van der Waals surface area contributed by atoms with E-state index in [0.717, 1.165) is 52.6 Å². The van der Waals surface area contributed by atoms with Crippen LogP contribution >= 0.6 is 22.9 Å². The van der Waals surface area contributed by atoms with Gasteiger partial charge < -0.3 is 14.0 Å². The number of nitrogens with zero attached hydrogens (tertiary/aromatic N) is 4. The fraction of sp³-hybridized carbons (Fsp3) is 0.292. The van der Waals surface area contributed by atoms with Gasteiger partial charge in [0.25, 0.3) is 0 Å². The molecule has 5 rings (SSSR count). The predicted octanol–water partition coefficient (Wildman–Crippen LogP) is 5.32. The molecule has 1 N–H and O–H groups in total. The van der Waals surface area contributed by atoms with E-state index < -0.39 is 6.09 Å². The lowest BCUT2D eigenvalue weighted by molar-refractivity contribution is 0.155. The number of hydrogen-bond donors (Lipinski definition) is 1. The maximum atomic E-state index is 12.5. The van der Waals surface area contributed by atoms with Crippen LogP contribution in [-0.4, -0.2) is 46.2 Å². The molecule has 8 nitrogen and oxygen atoms in total. The number of benzene rings is 2. The number of likely N-dealkylation sites (N-methyl/N-ethyl adjacent to an activating group) is 1. The van der Waals surface area contributed by atoms with Crippen molar-refractivity contribution in [2.75, 3.05) is 26.0 Å². The van der Waals surface area contributed by atoms with E-state index in [2.05, 4.69) is 26.8 Å². The number of carbonyl (C=O) groups is 1. The van der Waals surface area contributed by atoms with Gasteiger partial charge in [-0.2, -0.15) is 0 Å². The standard InChI is InChI=1S/C24H24ClN5O3S/c1-14-22(34-23(26-14)17-6-5-16(25)11-20(17)32-3)28-24(31)33-13-15-4-7-19-18(10-15)27-21-12-29(2)8-9-30(19)21/h4-7,10-11H,8-9,12-13H2,1-3H3,(H,28,31). The number of imidazole rings is 1. The summed E-state index contributed by atoms with van der Waals surface area (Å²) in [5, 5.41) is 4.73. The van der Waals surface area contributed by atoms with Crippen molar-refractivity contribution >= 4 is 45.1 Å². The Hall–Kier alpha value is -3.14. The van der Waals surface area contributed by atoms with Gasteiger partial charge in [0, 0.05) is 18.1 Å². The van der Waals surface area contributed by atoms with Crippen LogP contribution in [-0.2, 0) is 24.4 Å². The van der Waals surface area contributed by atoms with Gasteiger partial charge in [0.1, 0.15) is 28.2 Å². The van der Waals surface area contributed by atoms with E-state index in [9.17, 15) is 4.79 Å². The van der Waals surface area contributed by atoms with Gasteiger partial charge in [0.05, 0.1) is 35.9 Å². The lowest BCUT2D eigenvalue weighted by atomic mass is 10.2. The van der Waals surface area contributed by atoms with Gasteiger partial charge >= 0.3 is 6.09 Å². The summed E-state index contributed by atoms with van der Waals surface area (Å²) in [5.41, 5.74) is 4.43. The van der Waals surface area contributed by atoms with Crippen LogP contribution in [0.4, 0.5) is 9.80 Å². The number of methoxy groups -OCH3 is 1. The number of carbonyl (C=O) groups excluding carboxylic acids is 1. The van der Waals surface area contributed by atoms with E-state index in [4.69, 9.17) is 26.1 Å². The van der Waals surface area contributed by atoms with Crippen molar-refractivity contribution in [3.63, 3.8) is 0 Å². The van der Waals surface area contributed by atoms with Crippen molar-refractivity contribution in [2.24, 2.45) is 0 Å². The zero-order valence-electron chi connectivity index (χ0n) is 19.1. The maximum Gasteiger partial charge on any atom is 0.412 e. The molecular formula is C24H24ClN5O3S. The van der Waals surface area contributed by atoms with E-state index in [1.165, 1.54) is 11.3 Å². The number of ether oxygens (including phenoxy) is 2. The zero-order valence-corrected chi connectivity index (χ0v) is 20.7. The van der Waals surface area contributed by atoms with Gasteiger partial charge in [-0.15, -0.1) is 0 Å². The highest BCUT2D eigenvalue weighted by Crippen LogP contribution is 2.38. The molecule has 3 heterocycles. The molecule has 0 unspecified atom stereocenters. The Morgan fingerprint density at radius 1 is 1.21 bits per heavy atom. The molecule has 1 aliphatic rings. The summed E-state index contributed by atoms with van der Waals surface area (Å²) >= 11 is 7.41. The molecule has 0 saturated heterocycles. The summed E-state index contributed by atoms with van der Waals surface area (Å²) in [6.45, 7) is 4.76. The van der Waals surface area contributed by atoms with Crippen LogP contribution in [0.5, 0.6) is 5.75 Å². The summed E-state index contributed by atoms with van der Waals surface area (Å²) in [4.78, 5) is 24.1. The second-order valence-electron chi connectivity index (χ2n) is 8.22. The number of nitrogens with one attached hydrogen (secondary N) is 1. The Labute approximate surface area is 206 Å². The highest BCUT2D eigenvalue weighted by molar-refractivity contribution is 7.19. The number of amides is 1. The third-order valence-corrected chi connectivity index (χ3v) is 7.13. The Morgan fingerprint density at radius 2 is 2.06 bits per heavy atom. The monoisotopic (exact) mass is 497 g/mol. The minimum absolute atomic E-state index is 0.152. The molecule has 1 amide bonds. The zero-order chi connectivity index (χ0) is 23.8. The largest absolute Gasteiger partial charge is 0.496 e. The predicted molar refractivity (Wildman–Crippen MR) is 134 cm³/mol. The fourth-order valence-electron chi connectivity index (χ4n) is 4.02. The topological polar surface area (TPSA) is 81.5 Å². The number of thiazole rings is 1.